The van der Waals surface area contributed by atoms with Crippen molar-refractivity contribution in [3.05, 3.63) is 65.0 Å². The summed E-state index contributed by atoms with van der Waals surface area (Å²) in [5.41, 5.74) is 3.58. The van der Waals surface area contributed by atoms with E-state index < -0.39 is 6.10 Å². The number of rotatable bonds is 9. The van der Waals surface area contributed by atoms with Crippen molar-refractivity contribution in [1.29, 1.82) is 0 Å². The van der Waals surface area contributed by atoms with Gasteiger partial charge in [0.2, 0.25) is 5.90 Å². The number of aliphatic hydroxyl groups is 1. The Morgan fingerprint density at radius 1 is 1.25 bits per heavy atom. The van der Waals surface area contributed by atoms with Crippen molar-refractivity contribution in [3.8, 4) is 0 Å². The summed E-state index contributed by atoms with van der Waals surface area (Å²) < 4.78 is 10.6. The molecular weight excluding hydrogens is 356 g/mol. The van der Waals surface area contributed by atoms with Gasteiger partial charge in [-0.2, -0.15) is 0 Å². The van der Waals surface area contributed by atoms with Crippen LogP contribution in [0.15, 0.2) is 47.6 Å². The van der Waals surface area contributed by atoms with Crippen LogP contribution in [0.1, 0.15) is 41.6 Å². The largest absolute Gasteiger partial charge is 0.475 e. The second-order valence-electron chi connectivity index (χ2n) is 6.97. The molecule has 0 saturated carbocycles. The first kappa shape index (κ1) is 20.2. The van der Waals surface area contributed by atoms with Crippen LogP contribution in [0.4, 0.5) is 0 Å². The van der Waals surface area contributed by atoms with E-state index in [2.05, 4.69) is 9.98 Å². The summed E-state index contributed by atoms with van der Waals surface area (Å²) in [5, 5.41) is 10.1. The van der Waals surface area contributed by atoms with Crippen LogP contribution in [0, 0.1) is 0 Å². The van der Waals surface area contributed by atoms with Crippen molar-refractivity contribution in [2.45, 2.75) is 38.3 Å². The van der Waals surface area contributed by atoms with Crippen LogP contribution in [0.5, 0.6) is 0 Å². The highest BCUT2D eigenvalue weighted by Crippen LogP contribution is 2.25. The minimum atomic E-state index is -0.598. The third-order valence-electron chi connectivity index (χ3n) is 4.83. The summed E-state index contributed by atoms with van der Waals surface area (Å²) in [6.45, 7) is 3.19. The molecule has 0 saturated heterocycles. The van der Waals surface area contributed by atoms with Crippen molar-refractivity contribution < 1.29 is 19.4 Å². The average molecular weight is 382 g/mol. The topological polar surface area (TPSA) is 81.0 Å². The number of aliphatic hydroxyl groups excluding tert-OH is 1. The molecule has 1 N–H and O–H groups in total. The summed E-state index contributed by atoms with van der Waals surface area (Å²) in [7, 11) is 1.62. The summed E-state index contributed by atoms with van der Waals surface area (Å²) in [5.74, 6) is 0.417. The van der Waals surface area contributed by atoms with Gasteiger partial charge in [-0.3, -0.25) is 9.78 Å². The lowest BCUT2D eigenvalue weighted by Crippen LogP contribution is -2.20. The number of carbonyl (C=O) groups is 1. The molecule has 148 valence electrons. The van der Waals surface area contributed by atoms with Crippen LogP contribution in [0.2, 0.25) is 0 Å². The summed E-state index contributed by atoms with van der Waals surface area (Å²) in [6.07, 6.45) is 1.64. The fourth-order valence-corrected chi connectivity index (χ4v) is 3.34. The van der Waals surface area contributed by atoms with Gasteiger partial charge in [0, 0.05) is 37.8 Å². The third-order valence-corrected chi connectivity index (χ3v) is 4.83. The number of Topliss-reactive ketones (excluding diaryl/α,β-unsaturated/α-hetero) is 1. The van der Waals surface area contributed by atoms with Gasteiger partial charge in [-0.25, -0.2) is 4.99 Å². The second kappa shape index (κ2) is 9.57. The number of ketones is 1. The number of carbonyl (C=O) groups excluding carboxylic acids is 1. The van der Waals surface area contributed by atoms with Crippen molar-refractivity contribution in [3.63, 3.8) is 0 Å². The molecule has 2 atom stereocenters. The zero-order chi connectivity index (χ0) is 19.9. The highest BCUT2D eigenvalue weighted by atomic mass is 16.5. The Bertz CT molecular complexity index is 834. The van der Waals surface area contributed by atoms with Crippen LogP contribution in [-0.2, 0) is 27.2 Å². The van der Waals surface area contributed by atoms with E-state index in [9.17, 15) is 9.90 Å². The first-order valence-corrected chi connectivity index (χ1v) is 9.47. The summed E-state index contributed by atoms with van der Waals surface area (Å²) >= 11 is 0. The second-order valence-corrected chi connectivity index (χ2v) is 6.97. The molecule has 0 aliphatic carbocycles. The molecule has 6 nitrogen and oxygen atoms in total. The fourth-order valence-electron chi connectivity index (χ4n) is 3.34. The van der Waals surface area contributed by atoms with E-state index in [4.69, 9.17) is 9.47 Å². The Hall–Kier alpha value is -2.57. The minimum absolute atomic E-state index is 0.0534. The van der Waals surface area contributed by atoms with Gasteiger partial charge < -0.3 is 14.6 Å². The molecule has 2 heterocycles. The molecule has 1 unspecified atom stereocenters. The van der Waals surface area contributed by atoms with Crippen molar-refractivity contribution in [2.24, 2.45) is 4.99 Å². The molecule has 3 rings (SSSR count). The SMILES string of the molecule is COCCOC1=NCc2cc(CC(=O)C[C@@H](c3ccccc3)C(C)O)ncc21. The normalized spacial score (nSPS) is 14.9. The number of methoxy groups -OCH3 is 1. The maximum Gasteiger partial charge on any atom is 0.218 e. The predicted octanol–water partition coefficient (Wildman–Crippen LogP) is 2.67. The van der Waals surface area contributed by atoms with E-state index in [-0.39, 0.29) is 24.5 Å². The number of hydrogen-bond donors (Lipinski definition) is 1. The quantitative estimate of drug-likeness (QED) is 0.675. The number of benzene rings is 1. The smallest absolute Gasteiger partial charge is 0.218 e. The standard InChI is InChI=1S/C22H26N2O4/c1-15(25)20(16-6-4-3-5-7-16)12-19(26)11-18-10-17-13-24-22(21(17)14-23-18)28-9-8-27-2/h3-7,10,14-15,20,25H,8-9,11-13H2,1-2H3/t15?,20-/m1/s1. The molecule has 1 aliphatic rings. The molecule has 1 aromatic heterocycles. The third kappa shape index (κ3) is 5.03. The van der Waals surface area contributed by atoms with Gasteiger partial charge in [0.1, 0.15) is 12.4 Å². The van der Waals surface area contributed by atoms with Gasteiger partial charge in [0.25, 0.3) is 0 Å². The molecule has 28 heavy (non-hydrogen) atoms. The Morgan fingerprint density at radius 2 is 2.04 bits per heavy atom. The number of pyridine rings is 1. The molecule has 0 fully saturated rings. The monoisotopic (exact) mass is 382 g/mol. The van der Waals surface area contributed by atoms with E-state index in [0.717, 1.165) is 22.4 Å². The predicted molar refractivity (Wildman–Crippen MR) is 106 cm³/mol. The van der Waals surface area contributed by atoms with Gasteiger partial charge in [-0.05, 0) is 24.1 Å². The summed E-state index contributed by atoms with van der Waals surface area (Å²) in [6, 6.07) is 11.6. The van der Waals surface area contributed by atoms with Crippen LogP contribution in [-0.4, -0.2) is 48.2 Å². The van der Waals surface area contributed by atoms with E-state index in [1.54, 1.807) is 20.2 Å². The van der Waals surface area contributed by atoms with Crippen molar-refractivity contribution in [2.75, 3.05) is 20.3 Å². The van der Waals surface area contributed by atoms with Crippen LogP contribution in [0.25, 0.3) is 0 Å². The zero-order valence-electron chi connectivity index (χ0n) is 16.3. The van der Waals surface area contributed by atoms with Crippen molar-refractivity contribution >= 4 is 11.7 Å². The highest BCUT2D eigenvalue weighted by Gasteiger charge is 2.23. The molecule has 1 aliphatic heterocycles. The molecule has 0 amide bonds. The van der Waals surface area contributed by atoms with E-state index >= 15 is 0 Å². The molecule has 0 radical (unpaired) electrons. The van der Waals surface area contributed by atoms with E-state index in [0.29, 0.717) is 25.7 Å². The lowest BCUT2D eigenvalue weighted by atomic mass is 9.88. The average Bonchev–Trinajstić information content (AvgIpc) is 3.09. The lowest BCUT2D eigenvalue weighted by molar-refractivity contribution is -0.119. The molecule has 1 aromatic carbocycles. The Labute approximate surface area is 165 Å². The van der Waals surface area contributed by atoms with Crippen LogP contribution in [0.3, 0.4) is 0 Å². The van der Waals surface area contributed by atoms with Crippen LogP contribution < -0.4 is 0 Å². The molecule has 6 heteroatoms. The van der Waals surface area contributed by atoms with Gasteiger partial charge in [-0.1, -0.05) is 30.3 Å². The number of fused-ring (bicyclic) bond motifs is 1. The minimum Gasteiger partial charge on any atom is -0.475 e. The van der Waals surface area contributed by atoms with Gasteiger partial charge >= 0.3 is 0 Å². The first-order chi connectivity index (χ1) is 13.6. The fraction of sp³-hybridized carbons (Fsp3) is 0.409. The van der Waals surface area contributed by atoms with Gasteiger partial charge in [0.15, 0.2) is 0 Å². The number of nitrogens with zero attached hydrogens (tertiary/aromatic N) is 2. The Morgan fingerprint density at radius 3 is 2.75 bits per heavy atom. The molecule has 0 bridgehead atoms. The maximum absolute atomic E-state index is 12.6. The number of hydrogen-bond acceptors (Lipinski definition) is 6. The van der Waals surface area contributed by atoms with Crippen LogP contribution >= 0.6 is 0 Å². The van der Waals surface area contributed by atoms with E-state index in [1.807, 2.05) is 36.4 Å². The van der Waals surface area contributed by atoms with Crippen molar-refractivity contribution in [1.82, 2.24) is 4.98 Å². The Kier molecular flexibility index (Phi) is 6.90. The number of aliphatic imine (C=N–C) groups is 1. The molecular formula is C22H26N2O4. The van der Waals surface area contributed by atoms with E-state index in [1.165, 1.54) is 0 Å². The Balaban J connectivity index is 1.62. The molecule has 0 spiro atoms. The van der Waals surface area contributed by atoms with Gasteiger partial charge in [0.05, 0.1) is 24.8 Å². The van der Waals surface area contributed by atoms with Gasteiger partial charge in [-0.15, -0.1) is 0 Å². The number of ether oxygens (including phenoxy) is 2. The first-order valence-electron chi connectivity index (χ1n) is 9.47. The zero-order valence-corrected chi connectivity index (χ0v) is 16.3. The molecule has 2 aromatic rings. The maximum atomic E-state index is 12.6. The number of aromatic nitrogens is 1. The highest BCUT2D eigenvalue weighted by molar-refractivity contribution is 5.97. The summed E-state index contributed by atoms with van der Waals surface area (Å²) in [4.78, 5) is 21.4. The lowest BCUT2D eigenvalue weighted by Gasteiger charge is -2.19.